The van der Waals surface area contributed by atoms with Crippen LogP contribution in [0.25, 0.3) is 0 Å². The Balaban J connectivity index is 2.30. The monoisotopic (exact) mass is 253 g/mol. The highest BCUT2D eigenvalue weighted by Gasteiger charge is 2.32. The van der Waals surface area contributed by atoms with Gasteiger partial charge in [-0.05, 0) is 43.0 Å². The lowest BCUT2D eigenvalue weighted by atomic mass is 9.94. The zero-order valence-electron chi connectivity index (χ0n) is 9.96. The molecule has 2 rings (SSSR count). The smallest absolute Gasteiger partial charge is 0.307 e. The molecule has 0 aromatic heterocycles. The highest BCUT2D eigenvalue weighted by atomic mass is 35.5. The number of aryl methyl sites for hydroxylation is 1. The molecule has 1 aromatic carbocycles. The Morgan fingerprint density at radius 1 is 1.47 bits per heavy atom. The van der Waals surface area contributed by atoms with Crippen LogP contribution in [0.15, 0.2) is 12.1 Å². The molecule has 17 heavy (non-hydrogen) atoms. The molecule has 1 heterocycles. The van der Waals surface area contributed by atoms with E-state index in [1.165, 1.54) is 5.56 Å². The molecule has 1 aliphatic heterocycles. The number of carbonyl (C=O) groups is 1. The molecule has 0 spiro atoms. The molecule has 1 aromatic rings. The molecule has 0 aliphatic carbocycles. The largest absolute Gasteiger partial charge is 0.481 e. The minimum atomic E-state index is -0.735. The summed E-state index contributed by atoms with van der Waals surface area (Å²) in [5.41, 5.74) is 3.39. The maximum Gasteiger partial charge on any atom is 0.307 e. The summed E-state index contributed by atoms with van der Waals surface area (Å²) in [6, 6.07) is 3.93. The summed E-state index contributed by atoms with van der Waals surface area (Å²) in [5.74, 6) is -1.04. The highest BCUT2D eigenvalue weighted by molar-refractivity contribution is 6.31. The Morgan fingerprint density at radius 2 is 2.18 bits per heavy atom. The summed E-state index contributed by atoms with van der Waals surface area (Å²) in [5, 5.41) is 13.0. The van der Waals surface area contributed by atoms with Gasteiger partial charge in [-0.25, -0.2) is 0 Å². The van der Waals surface area contributed by atoms with Crippen LogP contribution < -0.4 is 5.32 Å². The van der Waals surface area contributed by atoms with E-state index in [2.05, 4.69) is 5.32 Å². The number of hydrogen-bond acceptors (Lipinski definition) is 2. The summed E-state index contributed by atoms with van der Waals surface area (Å²) < 4.78 is 0. The van der Waals surface area contributed by atoms with Crippen molar-refractivity contribution in [1.82, 2.24) is 5.32 Å². The summed E-state index contributed by atoms with van der Waals surface area (Å²) >= 11 is 6.22. The maximum atomic E-state index is 10.9. The van der Waals surface area contributed by atoms with Crippen LogP contribution >= 0.6 is 11.6 Å². The average molecular weight is 254 g/mol. The lowest BCUT2D eigenvalue weighted by molar-refractivity contribution is -0.141. The van der Waals surface area contributed by atoms with E-state index in [9.17, 15) is 4.79 Å². The fourth-order valence-electron chi connectivity index (χ4n) is 2.38. The number of hydrogen-bond donors (Lipinski definition) is 2. The van der Waals surface area contributed by atoms with Crippen LogP contribution in [-0.4, -0.2) is 17.6 Å². The Labute approximate surface area is 106 Å². The Bertz CT molecular complexity index is 459. The predicted octanol–water partition coefficient (Wildman–Crippen LogP) is 2.69. The van der Waals surface area contributed by atoms with Gasteiger partial charge in [-0.3, -0.25) is 4.79 Å². The molecule has 0 amide bonds. The van der Waals surface area contributed by atoms with Gasteiger partial charge in [0.1, 0.15) is 0 Å². The molecule has 0 saturated carbocycles. The van der Waals surface area contributed by atoms with Crippen molar-refractivity contribution in [3.63, 3.8) is 0 Å². The number of carboxylic acid groups (broad SMARTS) is 1. The topological polar surface area (TPSA) is 49.3 Å². The predicted molar refractivity (Wildman–Crippen MR) is 67.4 cm³/mol. The van der Waals surface area contributed by atoms with E-state index in [1.807, 2.05) is 26.0 Å². The lowest BCUT2D eigenvalue weighted by Gasteiger charge is -2.17. The van der Waals surface area contributed by atoms with Crippen LogP contribution in [0.1, 0.15) is 29.2 Å². The van der Waals surface area contributed by atoms with Crippen molar-refractivity contribution in [2.75, 3.05) is 6.54 Å². The number of rotatable bonds is 2. The Morgan fingerprint density at radius 3 is 2.76 bits per heavy atom. The van der Waals surface area contributed by atoms with Gasteiger partial charge in [-0.1, -0.05) is 17.7 Å². The number of nitrogens with one attached hydrogen (secondary N) is 1. The van der Waals surface area contributed by atoms with Crippen LogP contribution in [0.5, 0.6) is 0 Å². The van der Waals surface area contributed by atoms with Crippen LogP contribution in [-0.2, 0) is 4.79 Å². The van der Waals surface area contributed by atoms with Gasteiger partial charge < -0.3 is 10.4 Å². The first kappa shape index (κ1) is 12.4. The number of benzene rings is 1. The standard InChI is InChI=1S/C13H16ClNO2/c1-7-3-4-10(14)12(8(7)2)11-5-9(6-15-11)13(16)17/h3-4,9,11,15H,5-6H2,1-2H3,(H,16,17). The van der Waals surface area contributed by atoms with Gasteiger partial charge in [-0.2, -0.15) is 0 Å². The van der Waals surface area contributed by atoms with Crippen molar-refractivity contribution in [3.8, 4) is 0 Å². The van der Waals surface area contributed by atoms with Gasteiger partial charge in [0.2, 0.25) is 0 Å². The van der Waals surface area contributed by atoms with E-state index < -0.39 is 5.97 Å². The third-order valence-corrected chi connectivity index (χ3v) is 3.89. The quantitative estimate of drug-likeness (QED) is 0.852. The molecule has 2 N–H and O–H groups in total. The van der Waals surface area contributed by atoms with Crippen molar-refractivity contribution < 1.29 is 9.90 Å². The fraction of sp³-hybridized carbons (Fsp3) is 0.462. The minimum absolute atomic E-state index is 0.0588. The molecule has 1 aliphatic rings. The molecular weight excluding hydrogens is 238 g/mol. The Kier molecular flexibility index (Phi) is 3.40. The van der Waals surface area contributed by atoms with E-state index in [4.69, 9.17) is 16.7 Å². The second kappa shape index (κ2) is 4.67. The van der Waals surface area contributed by atoms with Gasteiger partial charge in [0.05, 0.1) is 5.92 Å². The molecule has 0 bridgehead atoms. The third-order valence-electron chi connectivity index (χ3n) is 3.56. The van der Waals surface area contributed by atoms with Crippen LogP contribution in [0.2, 0.25) is 5.02 Å². The Hall–Kier alpha value is -1.06. The molecule has 1 saturated heterocycles. The van der Waals surface area contributed by atoms with Gasteiger partial charge in [0.25, 0.3) is 0 Å². The van der Waals surface area contributed by atoms with Crippen molar-refractivity contribution in [2.24, 2.45) is 5.92 Å². The molecule has 0 radical (unpaired) electrons. The molecule has 2 unspecified atom stereocenters. The van der Waals surface area contributed by atoms with Crippen LogP contribution in [0, 0.1) is 19.8 Å². The number of aliphatic carboxylic acids is 1. The first-order valence-corrected chi connectivity index (χ1v) is 6.10. The van der Waals surface area contributed by atoms with Crippen molar-refractivity contribution in [3.05, 3.63) is 33.8 Å². The molecule has 92 valence electrons. The number of halogens is 1. The van der Waals surface area contributed by atoms with E-state index in [0.29, 0.717) is 13.0 Å². The molecule has 2 atom stereocenters. The average Bonchev–Trinajstić information content (AvgIpc) is 2.73. The second-order valence-corrected chi connectivity index (χ2v) is 5.04. The molecular formula is C13H16ClNO2. The lowest BCUT2D eigenvalue weighted by Crippen LogP contribution is -2.17. The van der Waals surface area contributed by atoms with E-state index in [-0.39, 0.29) is 12.0 Å². The molecule has 1 fully saturated rings. The van der Waals surface area contributed by atoms with Crippen LogP contribution in [0.4, 0.5) is 0 Å². The van der Waals surface area contributed by atoms with Crippen molar-refractivity contribution in [2.45, 2.75) is 26.3 Å². The summed E-state index contributed by atoms with van der Waals surface area (Å²) in [6.07, 6.45) is 0.610. The van der Waals surface area contributed by atoms with Gasteiger partial charge in [0.15, 0.2) is 0 Å². The van der Waals surface area contributed by atoms with Gasteiger partial charge in [-0.15, -0.1) is 0 Å². The maximum absolute atomic E-state index is 10.9. The fourth-order valence-corrected chi connectivity index (χ4v) is 2.71. The van der Waals surface area contributed by atoms with Crippen LogP contribution in [0.3, 0.4) is 0 Å². The molecule has 4 heteroatoms. The van der Waals surface area contributed by atoms with E-state index >= 15 is 0 Å². The summed E-state index contributed by atoms with van der Waals surface area (Å²) in [6.45, 7) is 4.59. The van der Waals surface area contributed by atoms with E-state index in [0.717, 1.165) is 16.1 Å². The third kappa shape index (κ3) is 2.31. The SMILES string of the molecule is Cc1ccc(Cl)c(C2CC(C(=O)O)CN2)c1C. The first-order valence-electron chi connectivity index (χ1n) is 5.72. The van der Waals surface area contributed by atoms with Gasteiger partial charge in [0, 0.05) is 17.6 Å². The zero-order chi connectivity index (χ0) is 12.6. The van der Waals surface area contributed by atoms with E-state index in [1.54, 1.807) is 0 Å². The summed E-state index contributed by atoms with van der Waals surface area (Å²) in [7, 11) is 0. The minimum Gasteiger partial charge on any atom is -0.481 e. The first-order chi connectivity index (χ1) is 8.00. The van der Waals surface area contributed by atoms with Crippen molar-refractivity contribution >= 4 is 17.6 Å². The summed E-state index contributed by atoms with van der Waals surface area (Å²) in [4.78, 5) is 10.9. The second-order valence-electron chi connectivity index (χ2n) is 4.63. The normalized spacial score (nSPS) is 23.9. The van der Waals surface area contributed by atoms with Crippen molar-refractivity contribution in [1.29, 1.82) is 0 Å². The number of carboxylic acids is 1. The highest BCUT2D eigenvalue weighted by Crippen LogP contribution is 2.35. The van der Waals surface area contributed by atoms with Gasteiger partial charge >= 0.3 is 5.97 Å². The molecule has 3 nitrogen and oxygen atoms in total. The zero-order valence-corrected chi connectivity index (χ0v) is 10.7.